The van der Waals surface area contributed by atoms with Gasteiger partial charge in [-0.05, 0) is 53.1 Å². The van der Waals surface area contributed by atoms with Crippen molar-refractivity contribution in [2.75, 3.05) is 68.1 Å². The van der Waals surface area contributed by atoms with Gasteiger partial charge in [0.25, 0.3) is 0 Å². The third kappa shape index (κ3) is 10.2. The molecule has 13 heteroatoms. The molecule has 0 atom stereocenters. The second-order valence-electron chi connectivity index (χ2n) is 10.8. The van der Waals surface area contributed by atoms with Crippen molar-refractivity contribution < 1.29 is 19.0 Å². The maximum absolute atomic E-state index is 11.7. The van der Waals surface area contributed by atoms with Gasteiger partial charge in [-0.15, -0.1) is 5.10 Å². The Morgan fingerprint density at radius 3 is 2.74 bits per heavy atom. The number of aromatic nitrogens is 5. The van der Waals surface area contributed by atoms with Crippen LogP contribution in [-0.4, -0.2) is 95.2 Å². The zero-order valence-electron chi connectivity index (χ0n) is 23.4. The fourth-order valence-electron chi connectivity index (χ4n) is 4.39. The van der Waals surface area contributed by atoms with E-state index in [1.54, 1.807) is 4.68 Å². The molecule has 0 spiro atoms. The minimum absolute atomic E-state index is 0.246. The van der Waals surface area contributed by atoms with Gasteiger partial charge in [0, 0.05) is 38.3 Å². The van der Waals surface area contributed by atoms with Crippen LogP contribution in [0.15, 0.2) is 12.3 Å². The van der Waals surface area contributed by atoms with E-state index in [0.717, 1.165) is 62.8 Å². The number of piperidine rings is 1. The summed E-state index contributed by atoms with van der Waals surface area (Å²) in [7, 11) is 0. The number of hydrogen-bond donors (Lipinski definition) is 3. The largest absolute Gasteiger partial charge is 0.460 e. The summed E-state index contributed by atoms with van der Waals surface area (Å²) in [5, 5.41) is 18.8. The standard InChI is InChI=1S/C26H43N9O4/c1-26(2,3)39-24(36)7-14-37-13-4-10-35-19-21(32-33-35)18-28-25-30-22(29-20-5-8-27-9-6-20)17-23(31-25)34-11-15-38-16-12-34/h17,19-20,27H,4-16,18H2,1-3H3,(H2,28,29,30,31). The summed E-state index contributed by atoms with van der Waals surface area (Å²) in [6, 6.07) is 2.43. The number of nitrogens with one attached hydrogen (secondary N) is 3. The van der Waals surface area contributed by atoms with Crippen molar-refractivity contribution in [3.05, 3.63) is 18.0 Å². The highest BCUT2D eigenvalue weighted by Crippen LogP contribution is 2.21. The molecule has 0 saturated carbocycles. The van der Waals surface area contributed by atoms with Gasteiger partial charge in [-0.2, -0.15) is 9.97 Å². The summed E-state index contributed by atoms with van der Waals surface area (Å²) in [5.74, 6) is 2.03. The molecule has 4 rings (SSSR count). The van der Waals surface area contributed by atoms with Gasteiger partial charge in [-0.1, -0.05) is 5.21 Å². The normalized spacial score (nSPS) is 16.7. The molecule has 2 aliphatic rings. The topological polar surface area (TPSA) is 141 Å². The molecule has 0 amide bonds. The lowest BCUT2D eigenvalue weighted by Gasteiger charge is -2.29. The maximum atomic E-state index is 11.7. The molecule has 0 aromatic carbocycles. The predicted molar refractivity (Wildman–Crippen MR) is 148 cm³/mol. The molecular formula is C26H43N9O4. The minimum atomic E-state index is -0.472. The zero-order valence-corrected chi connectivity index (χ0v) is 23.4. The fourth-order valence-corrected chi connectivity index (χ4v) is 4.39. The van der Waals surface area contributed by atoms with Gasteiger partial charge in [-0.3, -0.25) is 9.48 Å². The number of carbonyl (C=O) groups excluding carboxylic acids is 1. The van der Waals surface area contributed by atoms with Crippen molar-refractivity contribution in [1.29, 1.82) is 0 Å². The van der Waals surface area contributed by atoms with Crippen LogP contribution in [0.1, 0.15) is 52.1 Å². The first-order chi connectivity index (χ1) is 18.8. The molecule has 2 aliphatic heterocycles. The van der Waals surface area contributed by atoms with Gasteiger partial charge in [0.15, 0.2) is 0 Å². The van der Waals surface area contributed by atoms with Crippen LogP contribution in [0, 0.1) is 0 Å². The number of rotatable bonds is 13. The molecule has 39 heavy (non-hydrogen) atoms. The lowest BCUT2D eigenvalue weighted by atomic mass is 10.1. The third-order valence-corrected chi connectivity index (χ3v) is 6.30. The first-order valence-electron chi connectivity index (χ1n) is 14.0. The molecule has 0 unspecified atom stereocenters. The number of carbonyl (C=O) groups is 1. The summed E-state index contributed by atoms with van der Waals surface area (Å²) in [4.78, 5) is 23.5. The van der Waals surface area contributed by atoms with E-state index in [9.17, 15) is 4.79 Å². The molecule has 0 aliphatic carbocycles. The average molecular weight is 546 g/mol. The van der Waals surface area contributed by atoms with E-state index in [4.69, 9.17) is 24.2 Å². The lowest BCUT2D eigenvalue weighted by Crippen LogP contribution is -2.37. The van der Waals surface area contributed by atoms with Crippen molar-refractivity contribution in [3.63, 3.8) is 0 Å². The Labute approximate surface area is 230 Å². The number of anilines is 3. The Bertz CT molecular complexity index is 1030. The Morgan fingerprint density at radius 1 is 1.18 bits per heavy atom. The zero-order chi connectivity index (χ0) is 27.5. The van der Waals surface area contributed by atoms with E-state index in [2.05, 4.69) is 31.2 Å². The van der Waals surface area contributed by atoms with Crippen LogP contribution >= 0.6 is 0 Å². The summed E-state index contributed by atoms with van der Waals surface area (Å²) in [6.45, 7) is 12.6. The number of hydrogen-bond acceptors (Lipinski definition) is 12. The molecule has 2 fully saturated rings. The molecule has 216 valence electrons. The Balaban J connectivity index is 1.24. The van der Waals surface area contributed by atoms with Crippen LogP contribution in [0.3, 0.4) is 0 Å². The highest BCUT2D eigenvalue weighted by Gasteiger charge is 2.18. The van der Waals surface area contributed by atoms with Crippen LogP contribution in [-0.2, 0) is 32.1 Å². The van der Waals surface area contributed by atoms with Crippen molar-refractivity contribution in [2.45, 2.75) is 71.2 Å². The van der Waals surface area contributed by atoms with E-state index in [1.807, 2.05) is 33.0 Å². The Hall–Kier alpha value is -3.03. The van der Waals surface area contributed by atoms with Gasteiger partial charge in [0.05, 0.1) is 39.0 Å². The highest BCUT2D eigenvalue weighted by molar-refractivity contribution is 5.69. The van der Waals surface area contributed by atoms with Crippen molar-refractivity contribution >= 4 is 23.6 Å². The molecule has 2 aromatic heterocycles. The van der Waals surface area contributed by atoms with Crippen LogP contribution < -0.4 is 20.9 Å². The third-order valence-electron chi connectivity index (χ3n) is 6.30. The molecule has 4 heterocycles. The second-order valence-corrected chi connectivity index (χ2v) is 10.8. The predicted octanol–water partition coefficient (Wildman–Crippen LogP) is 1.82. The first kappa shape index (κ1) is 29.0. The number of esters is 1. The van der Waals surface area contributed by atoms with Gasteiger partial charge >= 0.3 is 5.97 Å². The summed E-state index contributed by atoms with van der Waals surface area (Å²) < 4.78 is 18.2. The Kier molecular flexibility index (Phi) is 10.7. The van der Waals surface area contributed by atoms with Gasteiger partial charge in [0.2, 0.25) is 5.95 Å². The highest BCUT2D eigenvalue weighted by atomic mass is 16.6. The SMILES string of the molecule is CC(C)(C)OC(=O)CCOCCCn1cc(CNc2nc(NC3CCNCC3)cc(N3CCOCC3)n2)nn1. The Morgan fingerprint density at radius 2 is 1.97 bits per heavy atom. The van der Waals surface area contributed by atoms with Crippen molar-refractivity contribution in [2.24, 2.45) is 0 Å². The number of ether oxygens (including phenoxy) is 3. The molecular weight excluding hydrogens is 502 g/mol. The van der Waals surface area contributed by atoms with E-state index in [1.165, 1.54) is 0 Å². The lowest BCUT2D eigenvalue weighted by molar-refractivity contribution is -0.156. The maximum Gasteiger partial charge on any atom is 0.308 e. The summed E-state index contributed by atoms with van der Waals surface area (Å²) in [6.07, 6.45) is 5.06. The summed E-state index contributed by atoms with van der Waals surface area (Å²) in [5.41, 5.74) is 0.328. The number of nitrogens with zero attached hydrogens (tertiary/aromatic N) is 6. The minimum Gasteiger partial charge on any atom is -0.460 e. The van der Waals surface area contributed by atoms with E-state index >= 15 is 0 Å². The van der Waals surface area contributed by atoms with Crippen LogP contribution in [0.25, 0.3) is 0 Å². The fraction of sp³-hybridized carbons (Fsp3) is 0.731. The van der Waals surface area contributed by atoms with Crippen LogP contribution in [0.2, 0.25) is 0 Å². The number of aryl methyl sites for hydroxylation is 1. The molecule has 0 bridgehead atoms. The number of morpholine rings is 1. The van der Waals surface area contributed by atoms with Gasteiger partial charge in [0.1, 0.15) is 22.9 Å². The summed E-state index contributed by atoms with van der Waals surface area (Å²) >= 11 is 0. The van der Waals surface area contributed by atoms with E-state index in [-0.39, 0.29) is 12.4 Å². The molecule has 13 nitrogen and oxygen atoms in total. The van der Waals surface area contributed by atoms with Crippen LogP contribution in [0.5, 0.6) is 0 Å². The van der Waals surface area contributed by atoms with E-state index in [0.29, 0.717) is 51.5 Å². The van der Waals surface area contributed by atoms with Gasteiger partial charge in [-0.25, -0.2) is 0 Å². The average Bonchev–Trinajstić information content (AvgIpc) is 3.37. The smallest absolute Gasteiger partial charge is 0.308 e. The molecule has 0 radical (unpaired) electrons. The quantitative estimate of drug-likeness (QED) is 0.250. The first-order valence-corrected chi connectivity index (χ1v) is 14.0. The molecule has 2 aromatic rings. The van der Waals surface area contributed by atoms with E-state index < -0.39 is 5.60 Å². The molecule has 3 N–H and O–H groups in total. The van der Waals surface area contributed by atoms with Crippen molar-refractivity contribution in [3.8, 4) is 0 Å². The van der Waals surface area contributed by atoms with Crippen molar-refractivity contribution in [1.82, 2.24) is 30.3 Å². The monoisotopic (exact) mass is 545 g/mol. The van der Waals surface area contributed by atoms with Crippen LogP contribution in [0.4, 0.5) is 17.6 Å². The second kappa shape index (κ2) is 14.4. The van der Waals surface area contributed by atoms with Gasteiger partial charge < -0.3 is 35.1 Å². The molecule has 2 saturated heterocycles.